The molecule has 0 spiro atoms. The minimum atomic E-state index is 0.126. The molecule has 220 valence electrons. The third kappa shape index (κ3) is 9.49. The second-order valence-corrected chi connectivity index (χ2v) is 11.4. The summed E-state index contributed by atoms with van der Waals surface area (Å²) in [6.45, 7) is 15.5. The van der Waals surface area contributed by atoms with Crippen LogP contribution in [0.25, 0.3) is 10.6 Å². The molecule has 1 aliphatic rings. The van der Waals surface area contributed by atoms with E-state index in [2.05, 4.69) is 65.3 Å². The van der Waals surface area contributed by atoms with Crippen LogP contribution in [0.15, 0.2) is 64.1 Å². The van der Waals surface area contributed by atoms with Gasteiger partial charge >= 0.3 is 0 Å². The standard InChI is InChI=1S/C32H45N7OS/c1-8-10-12-30(39-17-15-38(16-18-39)26(6)40)37-31(35-21-27(11-9-2)14-13-23(3)33-7)29-19-28(22-34-25(29)5)32-36-20-24(4)41-32/h11-14,19-20,22H,8-10,15-18,21H2,1-7H3,(H,35,37)/b14-13-,27-11-,30-12-,33-23?. The van der Waals surface area contributed by atoms with Gasteiger partial charge in [0.2, 0.25) is 5.91 Å². The first-order valence-corrected chi connectivity index (χ1v) is 15.3. The van der Waals surface area contributed by atoms with Crippen molar-refractivity contribution in [2.24, 2.45) is 9.98 Å². The summed E-state index contributed by atoms with van der Waals surface area (Å²) in [6.07, 6.45) is 15.3. The summed E-state index contributed by atoms with van der Waals surface area (Å²) in [5, 5.41) is 4.66. The Morgan fingerprint density at radius 2 is 1.78 bits per heavy atom. The number of unbranched alkanes of at least 4 members (excludes halogenated alkanes) is 1. The molecule has 0 bridgehead atoms. The van der Waals surface area contributed by atoms with E-state index in [0.29, 0.717) is 19.6 Å². The Kier molecular flexibility index (Phi) is 12.5. The summed E-state index contributed by atoms with van der Waals surface area (Å²) in [6, 6.07) is 2.14. The number of hydrogen-bond donors (Lipinski definition) is 1. The highest BCUT2D eigenvalue weighted by molar-refractivity contribution is 7.14. The third-order valence-corrected chi connectivity index (χ3v) is 7.89. The minimum Gasteiger partial charge on any atom is -0.355 e. The average molecular weight is 576 g/mol. The number of piperazine rings is 1. The smallest absolute Gasteiger partial charge is 0.219 e. The van der Waals surface area contributed by atoms with Gasteiger partial charge in [-0.3, -0.25) is 19.8 Å². The molecule has 1 aliphatic heterocycles. The molecule has 0 aliphatic carbocycles. The van der Waals surface area contributed by atoms with Crippen LogP contribution in [0.1, 0.15) is 63.1 Å². The molecule has 3 rings (SSSR count). The van der Waals surface area contributed by atoms with Gasteiger partial charge in [0.05, 0.1) is 6.54 Å². The molecule has 2 aromatic rings. The van der Waals surface area contributed by atoms with E-state index < -0.39 is 0 Å². The van der Waals surface area contributed by atoms with Crippen LogP contribution in [0.4, 0.5) is 0 Å². The van der Waals surface area contributed by atoms with Gasteiger partial charge in [-0.25, -0.2) is 4.98 Å². The second-order valence-electron chi connectivity index (χ2n) is 10.2. The highest BCUT2D eigenvalue weighted by atomic mass is 32.1. The fourth-order valence-electron chi connectivity index (χ4n) is 4.41. The normalized spacial score (nSPS) is 15.7. The number of carbonyl (C=O) groups is 1. The number of pyridine rings is 1. The zero-order chi connectivity index (χ0) is 29.8. The van der Waals surface area contributed by atoms with Crippen molar-refractivity contribution in [1.82, 2.24) is 25.1 Å². The zero-order valence-electron chi connectivity index (χ0n) is 25.7. The minimum absolute atomic E-state index is 0.126. The van der Waals surface area contributed by atoms with Gasteiger partial charge in [0.25, 0.3) is 0 Å². The first-order valence-electron chi connectivity index (χ1n) is 14.5. The Bertz CT molecular complexity index is 1330. The number of thiazole rings is 1. The van der Waals surface area contributed by atoms with Crippen LogP contribution in [0.5, 0.6) is 0 Å². The Balaban J connectivity index is 2.03. The van der Waals surface area contributed by atoms with Crippen molar-refractivity contribution in [3.8, 4) is 10.6 Å². The number of aliphatic imine (C=N–C) groups is 2. The van der Waals surface area contributed by atoms with Crippen LogP contribution in [0.3, 0.4) is 0 Å². The van der Waals surface area contributed by atoms with Crippen LogP contribution >= 0.6 is 11.3 Å². The third-order valence-electron chi connectivity index (χ3n) is 6.93. The number of aromatic nitrogens is 2. The van der Waals surface area contributed by atoms with Crippen LogP contribution in [0.2, 0.25) is 0 Å². The van der Waals surface area contributed by atoms with E-state index in [1.54, 1.807) is 25.3 Å². The fraction of sp³-hybridized carbons (Fsp3) is 0.469. The monoisotopic (exact) mass is 575 g/mol. The number of amidine groups is 1. The number of allylic oxidation sites excluding steroid dienone is 3. The summed E-state index contributed by atoms with van der Waals surface area (Å²) >= 11 is 1.66. The maximum Gasteiger partial charge on any atom is 0.219 e. The molecule has 1 amide bonds. The van der Waals surface area contributed by atoms with Gasteiger partial charge in [0.1, 0.15) is 16.7 Å². The maximum absolute atomic E-state index is 11.9. The number of hydrogen-bond acceptors (Lipinski definition) is 7. The Morgan fingerprint density at radius 3 is 2.39 bits per heavy atom. The summed E-state index contributed by atoms with van der Waals surface area (Å²) in [5.74, 6) is 1.92. The van der Waals surface area contributed by atoms with Crippen molar-refractivity contribution >= 4 is 28.8 Å². The second kappa shape index (κ2) is 16.0. The molecule has 0 radical (unpaired) electrons. The van der Waals surface area contributed by atoms with Gasteiger partial charge in [-0.1, -0.05) is 32.4 Å². The van der Waals surface area contributed by atoms with E-state index in [-0.39, 0.29) is 5.91 Å². The maximum atomic E-state index is 11.9. The molecular weight excluding hydrogens is 530 g/mol. The largest absolute Gasteiger partial charge is 0.355 e. The predicted octanol–water partition coefficient (Wildman–Crippen LogP) is 5.95. The molecule has 0 atom stereocenters. The van der Waals surface area contributed by atoms with E-state index >= 15 is 0 Å². The summed E-state index contributed by atoms with van der Waals surface area (Å²) in [7, 11) is 1.80. The molecule has 1 N–H and O–H groups in total. The van der Waals surface area contributed by atoms with E-state index in [0.717, 1.165) is 82.0 Å². The Hall–Kier alpha value is -3.59. The molecule has 0 unspecified atom stereocenters. The molecule has 0 saturated carbocycles. The number of carbonyl (C=O) groups excluding carboxylic acids is 1. The van der Waals surface area contributed by atoms with Crippen LogP contribution in [0, 0.1) is 13.8 Å². The van der Waals surface area contributed by atoms with E-state index in [1.165, 1.54) is 0 Å². The zero-order valence-corrected chi connectivity index (χ0v) is 26.5. The fourth-order valence-corrected chi connectivity index (χ4v) is 5.16. The molecule has 1 saturated heterocycles. The van der Waals surface area contributed by atoms with Gasteiger partial charge < -0.3 is 15.1 Å². The molecule has 0 aromatic carbocycles. The molecule has 41 heavy (non-hydrogen) atoms. The molecule has 3 heterocycles. The van der Waals surface area contributed by atoms with E-state index in [4.69, 9.17) is 9.98 Å². The van der Waals surface area contributed by atoms with Crippen molar-refractivity contribution in [1.29, 1.82) is 0 Å². The Morgan fingerprint density at radius 1 is 1.05 bits per heavy atom. The van der Waals surface area contributed by atoms with Crippen LogP contribution < -0.4 is 5.32 Å². The Labute approximate surface area is 249 Å². The number of nitrogens with one attached hydrogen (secondary N) is 1. The lowest BCUT2D eigenvalue weighted by molar-refractivity contribution is -0.130. The highest BCUT2D eigenvalue weighted by Crippen LogP contribution is 2.26. The predicted molar refractivity (Wildman–Crippen MR) is 173 cm³/mol. The number of nitrogens with zero attached hydrogens (tertiary/aromatic N) is 6. The van der Waals surface area contributed by atoms with E-state index in [9.17, 15) is 4.79 Å². The number of amides is 1. The van der Waals surface area contributed by atoms with Gasteiger partial charge in [0, 0.05) is 80.0 Å². The lowest BCUT2D eigenvalue weighted by Gasteiger charge is -2.37. The average Bonchev–Trinajstić information content (AvgIpc) is 3.41. The molecular formula is C32H45N7OS. The van der Waals surface area contributed by atoms with Gasteiger partial charge in [-0.2, -0.15) is 0 Å². The SMILES string of the molecule is CC/C=C(/C=C\C(C)=NC)CN=C(N/C(=C/CCC)N1CCN(C(C)=O)CC1)c1cc(-c2ncc(C)s2)cnc1C. The van der Waals surface area contributed by atoms with Crippen molar-refractivity contribution < 1.29 is 4.79 Å². The van der Waals surface area contributed by atoms with Crippen molar-refractivity contribution in [2.75, 3.05) is 39.8 Å². The molecule has 8 nitrogen and oxygen atoms in total. The summed E-state index contributed by atoms with van der Waals surface area (Å²) < 4.78 is 0. The van der Waals surface area contributed by atoms with Crippen LogP contribution in [-0.2, 0) is 4.79 Å². The van der Waals surface area contributed by atoms with E-state index in [1.807, 2.05) is 37.2 Å². The van der Waals surface area contributed by atoms with Gasteiger partial charge in [0.15, 0.2) is 0 Å². The van der Waals surface area contributed by atoms with Crippen molar-refractivity contribution in [2.45, 2.75) is 60.8 Å². The highest BCUT2D eigenvalue weighted by Gasteiger charge is 2.22. The quantitative estimate of drug-likeness (QED) is 0.203. The molecule has 9 heteroatoms. The first kappa shape index (κ1) is 31.9. The molecule has 2 aromatic heterocycles. The lowest BCUT2D eigenvalue weighted by Crippen LogP contribution is -2.50. The van der Waals surface area contributed by atoms with Gasteiger partial charge in [-0.15, -0.1) is 11.3 Å². The number of aryl methyl sites for hydroxylation is 2. The van der Waals surface area contributed by atoms with Crippen molar-refractivity contribution in [3.63, 3.8) is 0 Å². The topological polar surface area (TPSA) is 86.1 Å². The van der Waals surface area contributed by atoms with Crippen LogP contribution in [-0.4, -0.2) is 77.0 Å². The van der Waals surface area contributed by atoms with Crippen molar-refractivity contribution in [3.05, 3.63) is 70.3 Å². The number of rotatable bonds is 11. The van der Waals surface area contributed by atoms with Gasteiger partial charge in [-0.05, 0) is 57.4 Å². The summed E-state index contributed by atoms with van der Waals surface area (Å²) in [5.41, 5.74) is 4.92. The summed E-state index contributed by atoms with van der Waals surface area (Å²) in [4.78, 5) is 36.1. The lowest BCUT2D eigenvalue weighted by atomic mass is 10.1. The first-order chi connectivity index (χ1) is 19.7. The molecule has 1 fully saturated rings.